The first kappa shape index (κ1) is 33.0. The Bertz CT molecular complexity index is 1030. The van der Waals surface area contributed by atoms with E-state index < -0.39 is 66.1 Å². The number of carbonyl (C=O) groups is 2. The third-order valence-electron chi connectivity index (χ3n) is 8.55. The number of nitrogens with zero attached hydrogens (tertiary/aromatic N) is 1. The van der Waals surface area contributed by atoms with Crippen LogP contribution >= 0.6 is 11.8 Å². The second-order valence-corrected chi connectivity index (χ2v) is 13.1. The van der Waals surface area contributed by atoms with Crippen molar-refractivity contribution in [2.24, 2.45) is 17.8 Å². The molecule has 5 N–H and O–H groups in total. The molecule has 3 fully saturated rings. The number of fused-ring (bicyclic) bond motifs is 1. The number of hydrogen-bond acceptors (Lipinski definition) is 10. The highest BCUT2D eigenvalue weighted by atomic mass is 32.2. The molecule has 1 aromatic carbocycles. The van der Waals surface area contributed by atoms with E-state index in [2.05, 4.69) is 19.2 Å². The van der Waals surface area contributed by atoms with Gasteiger partial charge >= 0.3 is 6.09 Å². The highest BCUT2D eigenvalue weighted by Crippen LogP contribution is 2.38. The van der Waals surface area contributed by atoms with E-state index in [4.69, 9.17) is 14.2 Å². The van der Waals surface area contributed by atoms with Gasteiger partial charge in [-0.3, -0.25) is 9.69 Å². The Morgan fingerprint density at radius 3 is 2.48 bits per heavy atom. The van der Waals surface area contributed by atoms with Crippen molar-refractivity contribution in [2.45, 2.75) is 101 Å². The Morgan fingerprint density at radius 2 is 1.83 bits per heavy atom. The van der Waals surface area contributed by atoms with E-state index in [0.29, 0.717) is 18.4 Å². The van der Waals surface area contributed by atoms with Crippen molar-refractivity contribution in [2.75, 3.05) is 19.4 Å². The van der Waals surface area contributed by atoms with E-state index >= 15 is 0 Å². The molecule has 11 atom stereocenters. The predicted molar refractivity (Wildman–Crippen MR) is 156 cm³/mol. The van der Waals surface area contributed by atoms with Gasteiger partial charge in [0.15, 0.2) is 0 Å². The topological polar surface area (TPSA) is 158 Å². The summed E-state index contributed by atoms with van der Waals surface area (Å²) in [4.78, 5) is 28.9. The zero-order valence-electron chi connectivity index (χ0n) is 24.7. The summed E-state index contributed by atoms with van der Waals surface area (Å²) in [6, 6.07) is 7.09. The fourth-order valence-electron chi connectivity index (χ4n) is 6.51. The van der Waals surface area contributed by atoms with E-state index in [1.54, 1.807) is 6.26 Å². The summed E-state index contributed by atoms with van der Waals surface area (Å²) in [5.74, 6) is 0.239. The van der Waals surface area contributed by atoms with E-state index in [1.165, 1.54) is 11.8 Å². The molecule has 0 unspecified atom stereocenters. The van der Waals surface area contributed by atoms with Crippen LogP contribution in [0.2, 0.25) is 0 Å². The molecule has 3 aliphatic heterocycles. The molecule has 0 spiro atoms. The average Bonchev–Trinajstić information content (AvgIpc) is 3.20. The summed E-state index contributed by atoms with van der Waals surface area (Å²) in [6.45, 7) is 6.58. The minimum absolute atomic E-state index is 0.0470. The number of amides is 2. The monoisotopic (exact) mass is 610 g/mol. The van der Waals surface area contributed by atoms with E-state index in [0.717, 1.165) is 36.6 Å². The zero-order valence-corrected chi connectivity index (χ0v) is 25.6. The molecule has 3 aliphatic rings. The number of likely N-dealkylation sites (tertiary alicyclic amines) is 1. The molecule has 3 saturated heterocycles. The molecule has 42 heavy (non-hydrogen) atoms. The van der Waals surface area contributed by atoms with Gasteiger partial charge in [-0.25, -0.2) is 4.79 Å². The van der Waals surface area contributed by atoms with Crippen molar-refractivity contribution in [3.63, 3.8) is 0 Å². The fourth-order valence-corrected chi connectivity index (χ4v) is 7.19. The number of nitrogens with one attached hydrogen (secondary N) is 1. The summed E-state index contributed by atoms with van der Waals surface area (Å²) in [6.07, 6.45) is -3.71. The summed E-state index contributed by atoms with van der Waals surface area (Å²) < 4.78 is 17.7. The number of rotatable bonds is 9. The van der Waals surface area contributed by atoms with Gasteiger partial charge in [-0.2, -0.15) is 0 Å². The van der Waals surface area contributed by atoms with Gasteiger partial charge in [-0.15, -0.1) is 11.8 Å². The maximum atomic E-state index is 14.0. The standard InChI is InChI=1S/C30H46N2O9S/c1-16(2)12-19-10-11-39-26-20(13-19)14-32(30(38)40-15-18-8-6-5-7-9-18)22(26)28(37)31-21(17(3)33)27-24(35)23(34)25(36)29(41-27)42-4/h5-9,16-17,19-27,29,33-36H,10-15H2,1-4H3,(H,31,37)/t17-,19+,20+,21-,22+,23+,24-,25-,26-,27-,29-/m1/s1. The van der Waals surface area contributed by atoms with Crippen LogP contribution in [0.3, 0.4) is 0 Å². The molecule has 0 bridgehead atoms. The second-order valence-electron chi connectivity index (χ2n) is 12.2. The molecule has 2 amide bonds. The third-order valence-corrected chi connectivity index (χ3v) is 9.40. The molecule has 3 heterocycles. The quantitative estimate of drug-likeness (QED) is 0.278. The lowest BCUT2D eigenvalue weighted by Gasteiger charge is -2.44. The largest absolute Gasteiger partial charge is 0.445 e. The lowest BCUT2D eigenvalue weighted by molar-refractivity contribution is -0.211. The van der Waals surface area contributed by atoms with Gasteiger partial charge < -0.3 is 40.0 Å². The van der Waals surface area contributed by atoms with Crippen molar-refractivity contribution in [1.29, 1.82) is 0 Å². The van der Waals surface area contributed by atoms with Crippen LogP contribution in [0.4, 0.5) is 4.79 Å². The number of aliphatic hydroxyl groups excluding tert-OH is 4. The number of aliphatic hydroxyl groups is 4. The SMILES string of the molecule is CS[C@H]1O[C@H]([C@H](NC(=O)[C@@H]2[C@@H]3OCC[C@@H](CC(C)C)C[C@H]3CN2C(=O)OCc2ccccc2)[C@@H](C)O)[C@H](O)[C@H](O)[C@H]1O. The van der Waals surface area contributed by atoms with Crippen LogP contribution < -0.4 is 5.32 Å². The van der Waals surface area contributed by atoms with Crippen LogP contribution in [0, 0.1) is 17.8 Å². The van der Waals surface area contributed by atoms with Gasteiger partial charge in [-0.05, 0) is 49.8 Å². The van der Waals surface area contributed by atoms with Crippen LogP contribution in [0.15, 0.2) is 30.3 Å². The zero-order chi connectivity index (χ0) is 30.6. The van der Waals surface area contributed by atoms with Gasteiger partial charge in [0.25, 0.3) is 0 Å². The molecular weight excluding hydrogens is 564 g/mol. The minimum atomic E-state index is -1.57. The Labute approximate surface area is 251 Å². The van der Waals surface area contributed by atoms with Crippen molar-refractivity contribution in [3.8, 4) is 0 Å². The molecule has 1 aromatic rings. The van der Waals surface area contributed by atoms with Crippen LogP contribution in [-0.4, -0.2) is 111 Å². The first-order valence-corrected chi connectivity index (χ1v) is 16.1. The highest BCUT2D eigenvalue weighted by Gasteiger charge is 2.53. The smallest absolute Gasteiger partial charge is 0.410 e. The van der Waals surface area contributed by atoms with Gasteiger partial charge in [0, 0.05) is 19.1 Å². The molecule has 0 saturated carbocycles. The molecule has 0 radical (unpaired) electrons. The van der Waals surface area contributed by atoms with Gasteiger partial charge in [-0.1, -0.05) is 44.2 Å². The Balaban J connectivity index is 1.56. The van der Waals surface area contributed by atoms with Crippen LogP contribution in [0.5, 0.6) is 0 Å². The minimum Gasteiger partial charge on any atom is -0.445 e. The van der Waals surface area contributed by atoms with Crippen LogP contribution in [0.25, 0.3) is 0 Å². The Morgan fingerprint density at radius 1 is 1.12 bits per heavy atom. The Kier molecular flexibility index (Phi) is 11.5. The highest BCUT2D eigenvalue weighted by molar-refractivity contribution is 7.99. The first-order chi connectivity index (χ1) is 20.0. The van der Waals surface area contributed by atoms with E-state index in [1.807, 2.05) is 30.3 Å². The first-order valence-electron chi connectivity index (χ1n) is 14.8. The average molecular weight is 611 g/mol. The Hall–Kier alpha value is -1.93. The number of carbonyl (C=O) groups excluding carboxylic acids is 2. The van der Waals surface area contributed by atoms with Gasteiger partial charge in [0.1, 0.15) is 42.5 Å². The normalized spacial score (nSPS) is 34.8. The molecular formula is C30H46N2O9S. The molecule has 4 rings (SSSR count). The molecule has 12 heteroatoms. The van der Waals surface area contributed by atoms with E-state index in [9.17, 15) is 30.0 Å². The van der Waals surface area contributed by atoms with Gasteiger partial charge in [0.05, 0.1) is 18.2 Å². The van der Waals surface area contributed by atoms with Crippen molar-refractivity contribution in [3.05, 3.63) is 35.9 Å². The number of ether oxygens (including phenoxy) is 3. The van der Waals surface area contributed by atoms with Crippen LogP contribution in [-0.2, 0) is 25.6 Å². The van der Waals surface area contributed by atoms with Crippen molar-refractivity contribution < 1.29 is 44.2 Å². The van der Waals surface area contributed by atoms with Gasteiger partial charge in [0.2, 0.25) is 5.91 Å². The molecule has 236 valence electrons. The third kappa shape index (κ3) is 7.58. The van der Waals surface area contributed by atoms with Crippen LogP contribution in [0.1, 0.15) is 45.6 Å². The molecule has 0 aromatic heterocycles. The number of benzene rings is 1. The van der Waals surface area contributed by atoms with Crippen molar-refractivity contribution >= 4 is 23.8 Å². The molecule has 11 nitrogen and oxygen atoms in total. The summed E-state index contributed by atoms with van der Waals surface area (Å²) >= 11 is 1.14. The second kappa shape index (κ2) is 14.7. The summed E-state index contributed by atoms with van der Waals surface area (Å²) in [5, 5.41) is 44.9. The maximum absolute atomic E-state index is 14.0. The lowest BCUT2D eigenvalue weighted by Crippen LogP contribution is -2.66. The van der Waals surface area contributed by atoms with E-state index in [-0.39, 0.29) is 19.1 Å². The lowest BCUT2D eigenvalue weighted by atomic mass is 9.85. The summed E-state index contributed by atoms with van der Waals surface area (Å²) in [5.41, 5.74) is -0.0647. The summed E-state index contributed by atoms with van der Waals surface area (Å²) in [7, 11) is 0. The number of hydrogen-bond donors (Lipinski definition) is 5. The number of thioether (sulfide) groups is 1. The predicted octanol–water partition coefficient (Wildman–Crippen LogP) is 1.50. The van der Waals surface area contributed by atoms with Crippen molar-refractivity contribution in [1.82, 2.24) is 10.2 Å². The fraction of sp³-hybridized carbons (Fsp3) is 0.733. The molecule has 0 aliphatic carbocycles. The maximum Gasteiger partial charge on any atom is 0.410 e.